The third-order valence-corrected chi connectivity index (χ3v) is 3.92. The molecule has 0 aliphatic heterocycles. The van der Waals surface area contributed by atoms with E-state index in [9.17, 15) is 4.39 Å². The summed E-state index contributed by atoms with van der Waals surface area (Å²) < 4.78 is 20.0. The average Bonchev–Trinajstić information content (AvgIpc) is 3.11. The van der Waals surface area contributed by atoms with Crippen LogP contribution < -0.4 is 10.5 Å². The molecule has 0 bridgehead atoms. The lowest BCUT2D eigenvalue weighted by molar-refractivity contribution is 0.296. The zero-order valence-corrected chi connectivity index (χ0v) is 11.1. The van der Waals surface area contributed by atoms with Crippen LogP contribution in [0.2, 0.25) is 0 Å². The second-order valence-corrected chi connectivity index (χ2v) is 6.09. The molecule has 0 atom stereocenters. The Kier molecular flexibility index (Phi) is 2.67. The molecule has 2 fully saturated rings. The largest absolute Gasteiger partial charge is 0.489 e. The van der Waals surface area contributed by atoms with Gasteiger partial charge in [-0.05, 0) is 60.2 Å². The van der Waals surface area contributed by atoms with Crippen LogP contribution in [0, 0.1) is 5.82 Å². The summed E-state index contributed by atoms with van der Waals surface area (Å²) in [5.41, 5.74) is 6.86. The van der Waals surface area contributed by atoms with Gasteiger partial charge in [-0.2, -0.15) is 0 Å². The number of ether oxygens (including phenoxy) is 1. The first-order valence-electron chi connectivity index (χ1n) is 5.99. The minimum Gasteiger partial charge on any atom is -0.489 e. The molecule has 92 valence electrons. The van der Waals surface area contributed by atoms with Crippen LogP contribution in [-0.4, -0.2) is 11.6 Å². The van der Waals surface area contributed by atoms with Crippen molar-refractivity contribution < 1.29 is 9.13 Å². The Labute approximate surface area is 108 Å². The molecule has 0 heterocycles. The molecule has 2 N–H and O–H groups in total. The van der Waals surface area contributed by atoms with Gasteiger partial charge >= 0.3 is 0 Å². The second-order valence-electron chi connectivity index (χ2n) is 5.23. The Bertz CT molecular complexity index is 455. The summed E-state index contributed by atoms with van der Waals surface area (Å²) in [4.78, 5) is 0. The number of hydrogen-bond donors (Lipinski definition) is 1. The molecule has 2 aliphatic carbocycles. The topological polar surface area (TPSA) is 35.2 Å². The molecule has 0 amide bonds. The number of rotatable bonds is 4. The maximum Gasteiger partial charge on any atom is 0.137 e. The highest BCUT2D eigenvalue weighted by atomic mass is 79.9. The molecule has 2 aliphatic rings. The first-order chi connectivity index (χ1) is 8.06. The van der Waals surface area contributed by atoms with Crippen LogP contribution in [0.5, 0.6) is 5.75 Å². The molecule has 2 saturated carbocycles. The van der Waals surface area contributed by atoms with Crippen molar-refractivity contribution in [2.24, 2.45) is 5.73 Å². The van der Waals surface area contributed by atoms with E-state index in [4.69, 9.17) is 10.5 Å². The van der Waals surface area contributed by atoms with Gasteiger partial charge in [-0.3, -0.25) is 0 Å². The first-order valence-corrected chi connectivity index (χ1v) is 6.78. The molecule has 2 nitrogen and oxygen atoms in total. The molecule has 0 spiro atoms. The zero-order valence-electron chi connectivity index (χ0n) is 9.51. The van der Waals surface area contributed by atoms with Gasteiger partial charge in [0.2, 0.25) is 0 Å². The second kappa shape index (κ2) is 3.95. The molecule has 0 saturated heterocycles. The van der Waals surface area contributed by atoms with Crippen molar-refractivity contribution in [3.63, 3.8) is 0 Å². The van der Waals surface area contributed by atoms with Gasteiger partial charge in [0.15, 0.2) is 0 Å². The van der Waals surface area contributed by atoms with Crippen molar-refractivity contribution in [3.05, 3.63) is 28.0 Å². The fourth-order valence-corrected chi connectivity index (χ4v) is 2.51. The van der Waals surface area contributed by atoms with Crippen LogP contribution in [0.25, 0.3) is 0 Å². The summed E-state index contributed by atoms with van der Waals surface area (Å²) in [6, 6.07) is 3.01. The Morgan fingerprint density at radius 2 is 2.12 bits per heavy atom. The highest BCUT2D eigenvalue weighted by Crippen LogP contribution is 2.41. The summed E-state index contributed by atoms with van der Waals surface area (Å²) in [6.07, 6.45) is 5.23. The summed E-state index contributed by atoms with van der Waals surface area (Å²) in [5.74, 6) is 0.546. The van der Waals surface area contributed by atoms with Crippen molar-refractivity contribution in [2.45, 2.75) is 43.7 Å². The van der Waals surface area contributed by atoms with E-state index in [1.54, 1.807) is 6.07 Å². The molecule has 0 radical (unpaired) electrons. The SMILES string of the molecule is NC1(Cc2cc(F)cc(Br)c2OC2CC2)CC1. The molecule has 1 aromatic carbocycles. The molecular weight excluding hydrogens is 285 g/mol. The minimum atomic E-state index is -0.237. The molecule has 1 aromatic rings. The van der Waals surface area contributed by atoms with Gasteiger partial charge in [0.25, 0.3) is 0 Å². The van der Waals surface area contributed by atoms with E-state index >= 15 is 0 Å². The normalized spacial score (nSPS) is 21.4. The molecule has 0 aromatic heterocycles. The van der Waals surface area contributed by atoms with Crippen LogP contribution >= 0.6 is 15.9 Å². The van der Waals surface area contributed by atoms with Crippen LogP contribution in [0.3, 0.4) is 0 Å². The van der Waals surface area contributed by atoms with Gasteiger partial charge in [0, 0.05) is 11.1 Å². The van der Waals surface area contributed by atoms with Gasteiger partial charge in [-0.1, -0.05) is 0 Å². The summed E-state index contributed by atoms with van der Waals surface area (Å²) in [5, 5.41) is 0. The Morgan fingerprint density at radius 3 is 2.71 bits per heavy atom. The fraction of sp³-hybridized carbons (Fsp3) is 0.538. The van der Waals surface area contributed by atoms with E-state index < -0.39 is 0 Å². The zero-order chi connectivity index (χ0) is 12.0. The maximum atomic E-state index is 13.4. The predicted molar refractivity (Wildman–Crippen MR) is 67.6 cm³/mol. The first kappa shape index (κ1) is 11.5. The van der Waals surface area contributed by atoms with Crippen molar-refractivity contribution in [2.75, 3.05) is 0 Å². The van der Waals surface area contributed by atoms with E-state index in [1.165, 1.54) is 6.07 Å². The standard InChI is InChI=1S/C13H15BrFNO/c14-11-6-9(15)5-8(7-13(16)3-4-13)12(11)17-10-1-2-10/h5-6,10H,1-4,7,16H2. The lowest BCUT2D eigenvalue weighted by atomic mass is 10.0. The van der Waals surface area contributed by atoms with Crippen LogP contribution in [0.4, 0.5) is 4.39 Å². The van der Waals surface area contributed by atoms with Gasteiger partial charge in [0.05, 0.1) is 10.6 Å². The molecule has 4 heteroatoms. The Balaban J connectivity index is 1.91. The van der Waals surface area contributed by atoms with Crippen molar-refractivity contribution in [1.29, 1.82) is 0 Å². The maximum absolute atomic E-state index is 13.4. The molecule has 3 rings (SSSR count). The Hall–Kier alpha value is -0.610. The van der Waals surface area contributed by atoms with Crippen molar-refractivity contribution in [3.8, 4) is 5.75 Å². The van der Waals surface area contributed by atoms with Gasteiger partial charge in [0.1, 0.15) is 11.6 Å². The lowest BCUT2D eigenvalue weighted by Crippen LogP contribution is -2.25. The molecule has 17 heavy (non-hydrogen) atoms. The molecular formula is C13H15BrFNO. The van der Waals surface area contributed by atoms with E-state index in [1.807, 2.05) is 0 Å². The third kappa shape index (κ3) is 2.63. The highest BCUT2D eigenvalue weighted by molar-refractivity contribution is 9.10. The van der Waals surface area contributed by atoms with Crippen molar-refractivity contribution in [1.82, 2.24) is 0 Å². The fourth-order valence-electron chi connectivity index (χ4n) is 1.95. The molecule has 0 unspecified atom stereocenters. The number of nitrogens with two attached hydrogens (primary N) is 1. The predicted octanol–water partition coefficient (Wildman–Crippen LogP) is 3.16. The van der Waals surface area contributed by atoms with E-state index in [2.05, 4.69) is 15.9 Å². The number of halogens is 2. The summed E-state index contributed by atoms with van der Waals surface area (Å²) in [7, 11) is 0. The third-order valence-electron chi connectivity index (χ3n) is 3.33. The van der Waals surface area contributed by atoms with Crippen LogP contribution in [-0.2, 0) is 6.42 Å². The van der Waals surface area contributed by atoms with E-state index in [0.29, 0.717) is 17.0 Å². The lowest BCUT2D eigenvalue weighted by Gasteiger charge is -2.16. The van der Waals surface area contributed by atoms with Gasteiger partial charge < -0.3 is 10.5 Å². The Morgan fingerprint density at radius 1 is 1.41 bits per heavy atom. The average molecular weight is 300 g/mol. The van der Waals surface area contributed by atoms with Crippen LogP contribution in [0.1, 0.15) is 31.2 Å². The van der Waals surface area contributed by atoms with Crippen molar-refractivity contribution >= 4 is 15.9 Å². The number of hydrogen-bond acceptors (Lipinski definition) is 2. The van der Waals surface area contributed by atoms with E-state index in [0.717, 1.165) is 37.0 Å². The smallest absolute Gasteiger partial charge is 0.137 e. The monoisotopic (exact) mass is 299 g/mol. The summed E-state index contributed by atoms with van der Waals surface area (Å²) in [6.45, 7) is 0. The van der Waals surface area contributed by atoms with Gasteiger partial charge in [-0.25, -0.2) is 4.39 Å². The van der Waals surface area contributed by atoms with E-state index in [-0.39, 0.29) is 11.4 Å². The summed E-state index contributed by atoms with van der Waals surface area (Å²) >= 11 is 3.38. The minimum absolute atomic E-state index is 0.130. The van der Waals surface area contributed by atoms with Gasteiger partial charge in [-0.15, -0.1) is 0 Å². The number of benzene rings is 1. The highest BCUT2D eigenvalue weighted by Gasteiger charge is 2.39. The quantitative estimate of drug-likeness (QED) is 0.927. The van der Waals surface area contributed by atoms with Crippen LogP contribution in [0.15, 0.2) is 16.6 Å².